The van der Waals surface area contributed by atoms with Gasteiger partial charge >= 0.3 is 5.97 Å². The van der Waals surface area contributed by atoms with Crippen molar-refractivity contribution in [1.29, 1.82) is 0 Å². The Labute approximate surface area is 146 Å². The Morgan fingerprint density at radius 3 is 2.25 bits per heavy atom. The molecule has 5 heteroatoms. The number of rotatable bonds is 5. The standard InChI is InChI=1S/C19H20O4S/c1-21-18(20)19(11-13-22-14-12-19)24-17-9-7-16(8-10-17)23-15-5-3-2-4-6-15/h2-10H,11-14H2,1H3. The molecule has 0 radical (unpaired) electrons. The number of ether oxygens (including phenoxy) is 3. The van der Waals surface area contributed by atoms with Gasteiger partial charge in [0.2, 0.25) is 0 Å². The lowest BCUT2D eigenvalue weighted by Gasteiger charge is -2.33. The first kappa shape index (κ1) is 16.9. The number of hydrogen-bond acceptors (Lipinski definition) is 5. The van der Waals surface area contributed by atoms with Crippen molar-refractivity contribution < 1.29 is 19.0 Å². The van der Waals surface area contributed by atoms with Crippen molar-refractivity contribution >= 4 is 17.7 Å². The van der Waals surface area contributed by atoms with Crippen molar-refractivity contribution in [3.8, 4) is 11.5 Å². The van der Waals surface area contributed by atoms with E-state index < -0.39 is 4.75 Å². The van der Waals surface area contributed by atoms with Crippen LogP contribution in [0.5, 0.6) is 11.5 Å². The number of hydrogen-bond donors (Lipinski definition) is 0. The highest BCUT2D eigenvalue weighted by Crippen LogP contribution is 2.42. The van der Waals surface area contributed by atoms with Crippen LogP contribution < -0.4 is 4.74 Å². The van der Waals surface area contributed by atoms with Crippen molar-refractivity contribution in [3.63, 3.8) is 0 Å². The molecule has 0 amide bonds. The lowest BCUT2D eigenvalue weighted by atomic mass is 9.99. The largest absolute Gasteiger partial charge is 0.468 e. The molecule has 1 saturated heterocycles. The van der Waals surface area contributed by atoms with E-state index in [9.17, 15) is 4.79 Å². The van der Waals surface area contributed by atoms with Gasteiger partial charge in [-0.2, -0.15) is 0 Å². The van der Waals surface area contributed by atoms with Crippen LogP contribution >= 0.6 is 11.8 Å². The summed E-state index contributed by atoms with van der Waals surface area (Å²) in [6, 6.07) is 17.4. The fourth-order valence-electron chi connectivity index (χ4n) is 2.66. The number of benzene rings is 2. The highest BCUT2D eigenvalue weighted by molar-refractivity contribution is 8.01. The summed E-state index contributed by atoms with van der Waals surface area (Å²) in [7, 11) is 1.44. The Kier molecular flexibility index (Phi) is 5.43. The molecule has 1 heterocycles. The molecule has 0 atom stereocenters. The molecule has 3 rings (SSSR count). The van der Waals surface area contributed by atoms with E-state index in [2.05, 4.69) is 0 Å². The van der Waals surface area contributed by atoms with Gasteiger partial charge in [0.1, 0.15) is 16.2 Å². The van der Waals surface area contributed by atoms with Crippen molar-refractivity contribution in [2.45, 2.75) is 22.5 Å². The predicted molar refractivity (Wildman–Crippen MR) is 93.6 cm³/mol. The van der Waals surface area contributed by atoms with E-state index in [0.717, 1.165) is 16.4 Å². The van der Waals surface area contributed by atoms with Gasteiger partial charge in [0.25, 0.3) is 0 Å². The van der Waals surface area contributed by atoms with Crippen LogP contribution in [0.4, 0.5) is 0 Å². The summed E-state index contributed by atoms with van der Waals surface area (Å²) in [5, 5.41) is 0. The SMILES string of the molecule is COC(=O)C1(Sc2ccc(Oc3ccccc3)cc2)CCOCC1. The average molecular weight is 344 g/mol. The zero-order chi connectivity index (χ0) is 16.8. The van der Waals surface area contributed by atoms with Crippen molar-refractivity contribution in [1.82, 2.24) is 0 Å². The average Bonchev–Trinajstić information content (AvgIpc) is 2.64. The first-order chi connectivity index (χ1) is 11.7. The summed E-state index contributed by atoms with van der Waals surface area (Å²) in [6.45, 7) is 1.16. The first-order valence-corrected chi connectivity index (χ1v) is 8.72. The van der Waals surface area contributed by atoms with Crippen molar-refractivity contribution in [2.24, 2.45) is 0 Å². The summed E-state index contributed by atoms with van der Waals surface area (Å²) in [5.74, 6) is 1.39. The molecule has 0 saturated carbocycles. The summed E-state index contributed by atoms with van der Waals surface area (Å²) in [4.78, 5) is 13.3. The Morgan fingerprint density at radius 1 is 1.00 bits per heavy atom. The monoisotopic (exact) mass is 344 g/mol. The molecule has 2 aromatic rings. The fraction of sp³-hybridized carbons (Fsp3) is 0.316. The maximum atomic E-state index is 12.3. The maximum Gasteiger partial charge on any atom is 0.322 e. The van der Waals surface area contributed by atoms with Gasteiger partial charge < -0.3 is 14.2 Å². The third-order valence-electron chi connectivity index (χ3n) is 3.97. The van der Waals surface area contributed by atoms with Gasteiger partial charge in [0.15, 0.2) is 0 Å². The van der Waals surface area contributed by atoms with E-state index in [1.54, 1.807) is 11.8 Å². The molecule has 126 valence electrons. The van der Waals surface area contributed by atoms with Gasteiger partial charge in [-0.25, -0.2) is 0 Å². The smallest absolute Gasteiger partial charge is 0.322 e. The van der Waals surface area contributed by atoms with Crippen LogP contribution in [0.15, 0.2) is 59.5 Å². The Hall–Kier alpha value is -1.98. The zero-order valence-electron chi connectivity index (χ0n) is 13.6. The second kappa shape index (κ2) is 7.73. The topological polar surface area (TPSA) is 44.8 Å². The maximum absolute atomic E-state index is 12.3. The van der Waals surface area contributed by atoms with Crippen LogP contribution in [0.25, 0.3) is 0 Å². The lowest BCUT2D eigenvalue weighted by molar-refractivity contribution is -0.146. The minimum Gasteiger partial charge on any atom is -0.468 e. The van der Waals surface area contributed by atoms with Crippen LogP contribution in [0.1, 0.15) is 12.8 Å². The molecule has 2 aromatic carbocycles. The Morgan fingerprint density at radius 2 is 1.62 bits per heavy atom. The zero-order valence-corrected chi connectivity index (χ0v) is 14.4. The van der Waals surface area contributed by atoms with Crippen LogP contribution in [0.2, 0.25) is 0 Å². The van der Waals surface area contributed by atoms with Crippen LogP contribution in [-0.2, 0) is 14.3 Å². The minimum absolute atomic E-state index is 0.180. The molecule has 4 nitrogen and oxygen atoms in total. The number of para-hydroxylation sites is 1. The normalized spacial score (nSPS) is 16.4. The number of carbonyl (C=O) groups excluding carboxylic acids is 1. The summed E-state index contributed by atoms with van der Waals surface area (Å²) in [6.07, 6.45) is 1.32. The van der Waals surface area contributed by atoms with Crippen LogP contribution in [-0.4, -0.2) is 31.0 Å². The molecule has 0 aliphatic carbocycles. The van der Waals surface area contributed by atoms with Crippen molar-refractivity contribution in [2.75, 3.05) is 20.3 Å². The highest BCUT2D eigenvalue weighted by atomic mass is 32.2. The lowest BCUT2D eigenvalue weighted by Crippen LogP contribution is -2.41. The molecular formula is C19H20O4S. The summed E-state index contributed by atoms with van der Waals surface area (Å²) < 4.78 is 15.7. The summed E-state index contributed by atoms with van der Waals surface area (Å²) >= 11 is 1.55. The van der Waals surface area contributed by atoms with E-state index >= 15 is 0 Å². The predicted octanol–water partition coefficient (Wildman–Crippen LogP) is 4.29. The molecule has 1 fully saturated rings. The van der Waals surface area contributed by atoms with Gasteiger partial charge in [0.05, 0.1) is 7.11 Å². The third kappa shape index (κ3) is 3.91. The molecule has 0 N–H and O–H groups in total. The van der Waals surface area contributed by atoms with Gasteiger partial charge in [-0.3, -0.25) is 4.79 Å². The number of methoxy groups -OCH3 is 1. The van der Waals surface area contributed by atoms with E-state index in [0.29, 0.717) is 26.1 Å². The van der Waals surface area contributed by atoms with E-state index in [1.165, 1.54) is 7.11 Å². The second-order valence-corrected chi connectivity index (χ2v) is 7.04. The summed E-state index contributed by atoms with van der Waals surface area (Å²) in [5.41, 5.74) is 0. The van der Waals surface area contributed by atoms with Crippen molar-refractivity contribution in [3.05, 3.63) is 54.6 Å². The van der Waals surface area contributed by atoms with Crippen LogP contribution in [0.3, 0.4) is 0 Å². The van der Waals surface area contributed by atoms with E-state index in [-0.39, 0.29) is 5.97 Å². The molecule has 24 heavy (non-hydrogen) atoms. The molecule has 0 spiro atoms. The highest BCUT2D eigenvalue weighted by Gasteiger charge is 2.42. The van der Waals surface area contributed by atoms with E-state index in [1.807, 2.05) is 54.6 Å². The third-order valence-corrected chi connectivity index (χ3v) is 5.45. The van der Waals surface area contributed by atoms with Gasteiger partial charge in [-0.05, 0) is 49.2 Å². The van der Waals surface area contributed by atoms with Gasteiger partial charge in [-0.1, -0.05) is 18.2 Å². The van der Waals surface area contributed by atoms with Gasteiger partial charge in [0, 0.05) is 18.1 Å². The second-order valence-electron chi connectivity index (χ2n) is 5.59. The molecule has 0 unspecified atom stereocenters. The number of esters is 1. The minimum atomic E-state index is -0.561. The fourth-order valence-corrected chi connectivity index (χ4v) is 3.92. The molecule has 0 aromatic heterocycles. The Bertz CT molecular complexity index is 664. The van der Waals surface area contributed by atoms with E-state index in [4.69, 9.17) is 14.2 Å². The molecular weight excluding hydrogens is 324 g/mol. The Balaban J connectivity index is 1.71. The molecule has 0 bridgehead atoms. The number of thioether (sulfide) groups is 1. The molecule has 1 aliphatic heterocycles. The first-order valence-electron chi connectivity index (χ1n) is 7.90. The van der Waals surface area contributed by atoms with Crippen LogP contribution in [0, 0.1) is 0 Å². The van der Waals surface area contributed by atoms with Gasteiger partial charge in [-0.15, -0.1) is 11.8 Å². The molecule has 1 aliphatic rings. The quantitative estimate of drug-likeness (QED) is 0.757. The number of carbonyl (C=O) groups is 1.